The average molecular weight is 289 g/mol. The third-order valence-electron chi connectivity index (χ3n) is 2.66. The number of hydrogen-bond acceptors (Lipinski definition) is 4. The van der Waals surface area contributed by atoms with E-state index in [1.165, 1.54) is 0 Å². The lowest BCUT2D eigenvalue weighted by molar-refractivity contribution is -0.139. The molecule has 0 radical (unpaired) electrons. The first-order valence-electron chi connectivity index (χ1n) is 5.89. The summed E-state index contributed by atoms with van der Waals surface area (Å²) in [6.45, 7) is 0. The highest BCUT2D eigenvalue weighted by atomic mass is 16.4. The number of hydrogen-bond donors (Lipinski definition) is 4. The number of nitrogens with one attached hydrogen (secondary N) is 3. The van der Waals surface area contributed by atoms with E-state index in [1.807, 2.05) is 4.98 Å². The van der Waals surface area contributed by atoms with Gasteiger partial charge in [-0.05, 0) is 5.56 Å². The first-order valence-corrected chi connectivity index (χ1v) is 5.89. The maximum atomic E-state index is 11.9. The highest BCUT2D eigenvalue weighted by Gasteiger charge is 2.23. The van der Waals surface area contributed by atoms with Gasteiger partial charge >= 0.3 is 11.7 Å². The molecule has 0 saturated heterocycles. The normalized spacial score (nSPS) is 11.6. The predicted octanol–water partition coefficient (Wildman–Crippen LogP) is -0.381. The van der Waals surface area contributed by atoms with Crippen LogP contribution in [0.25, 0.3) is 0 Å². The molecule has 0 aliphatic rings. The zero-order valence-electron chi connectivity index (χ0n) is 10.6. The van der Waals surface area contributed by atoms with Crippen molar-refractivity contribution in [2.75, 3.05) is 0 Å². The summed E-state index contributed by atoms with van der Waals surface area (Å²) in [7, 11) is 0. The number of aromatic amines is 2. The van der Waals surface area contributed by atoms with Gasteiger partial charge in [-0.25, -0.2) is 9.59 Å². The van der Waals surface area contributed by atoms with Gasteiger partial charge in [0.25, 0.3) is 11.5 Å². The second-order valence-corrected chi connectivity index (χ2v) is 4.16. The Labute approximate surface area is 117 Å². The number of carboxylic acids is 1. The number of carbonyl (C=O) groups excluding carboxylic acids is 1. The van der Waals surface area contributed by atoms with Gasteiger partial charge in [-0.2, -0.15) is 0 Å². The Morgan fingerprint density at radius 1 is 1.10 bits per heavy atom. The molecule has 8 heteroatoms. The number of aliphatic carboxylic acids is 1. The van der Waals surface area contributed by atoms with Gasteiger partial charge in [0.1, 0.15) is 5.69 Å². The monoisotopic (exact) mass is 289 g/mol. The molecular weight excluding hydrogens is 278 g/mol. The third kappa shape index (κ3) is 3.44. The number of amides is 1. The zero-order chi connectivity index (χ0) is 15.4. The largest absolute Gasteiger partial charge is 0.479 e. The van der Waals surface area contributed by atoms with Crippen LogP contribution in [0.5, 0.6) is 0 Å². The molecule has 0 bridgehead atoms. The van der Waals surface area contributed by atoms with Crippen LogP contribution in [0, 0.1) is 0 Å². The van der Waals surface area contributed by atoms with Gasteiger partial charge in [-0.15, -0.1) is 0 Å². The second kappa shape index (κ2) is 5.87. The van der Waals surface area contributed by atoms with Crippen molar-refractivity contribution < 1.29 is 14.7 Å². The summed E-state index contributed by atoms with van der Waals surface area (Å²) in [5, 5.41) is 11.4. The Kier molecular flexibility index (Phi) is 3.98. The zero-order valence-corrected chi connectivity index (χ0v) is 10.6. The van der Waals surface area contributed by atoms with Crippen molar-refractivity contribution in [2.45, 2.75) is 6.04 Å². The quantitative estimate of drug-likeness (QED) is 0.609. The van der Waals surface area contributed by atoms with Gasteiger partial charge in [0.05, 0.1) is 0 Å². The van der Waals surface area contributed by atoms with E-state index in [0.717, 1.165) is 6.07 Å². The molecule has 0 fully saturated rings. The summed E-state index contributed by atoms with van der Waals surface area (Å²) in [5.74, 6) is -2.13. The fourth-order valence-electron chi connectivity index (χ4n) is 1.73. The minimum Gasteiger partial charge on any atom is -0.479 e. The van der Waals surface area contributed by atoms with Crippen LogP contribution in [-0.4, -0.2) is 27.0 Å². The summed E-state index contributed by atoms with van der Waals surface area (Å²) in [4.78, 5) is 49.5. The lowest BCUT2D eigenvalue weighted by atomic mass is 10.1. The van der Waals surface area contributed by atoms with Crippen LogP contribution in [0.15, 0.2) is 46.0 Å². The van der Waals surface area contributed by atoms with Crippen molar-refractivity contribution in [1.29, 1.82) is 0 Å². The minimum atomic E-state index is -1.29. The molecule has 0 aliphatic heterocycles. The van der Waals surface area contributed by atoms with Crippen molar-refractivity contribution in [3.05, 3.63) is 68.5 Å². The lowest BCUT2D eigenvalue weighted by Crippen LogP contribution is -2.36. The number of aromatic nitrogens is 2. The molecule has 4 N–H and O–H groups in total. The smallest absolute Gasteiger partial charge is 0.330 e. The SMILES string of the molecule is O=C(N[C@@H](C(=O)O)c1ccccc1)c1cc(=O)[nH]c(=O)[nH]1. The standard InChI is InChI=1S/C13H11N3O5/c17-9-6-8(14-13(21)15-9)11(18)16-10(12(19)20)7-4-2-1-3-5-7/h1-6,10H,(H,16,18)(H,19,20)(H2,14,15,17,21)/t10-/m1/s1. The summed E-state index contributed by atoms with van der Waals surface area (Å²) in [6.07, 6.45) is 0. The van der Waals surface area contributed by atoms with Crippen LogP contribution >= 0.6 is 0 Å². The minimum absolute atomic E-state index is 0.314. The average Bonchev–Trinajstić information content (AvgIpc) is 2.44. The van der Waals surface area contributed by atoms with Crippen LogP contribution in [0.1, 0.15) is 22.1 Å². The van der Waals surface area contributed by atoms with Gasteiger partial charge in [-0.1, -0.05) is 30.3 Å². The molecule has 108 valence electrons. The van der Waals surface area contributed by atoms with Crippen LogP contribution in [-0.2, 0) is 4.79 Å². The van der Waals surface area contributed by atoms with Crippen LogP contribution in [0.2, 0.25) is 0 Å². The maximum absolute atomic E-state index is 11.9. The van der Waals surface area contributed by atoms with E-state index < -0.39 is 29.2 Å². The van der Waals surface area contributed by atoms with Crippen LogP contribution in [0.3, 0.4) is 0 Å². The molecule has 2 rings (SSSR count). The van der Waals surface area contributed by atoms with Crippen LogP contribution in [0.4, 0.5) is 0 Å². The number of H-pyrrole nitrogens is 2. The predicted molar refractivity (Wildman–Crippen MR) is 72.0 cm³/mol. The molecule has 1 atom stereocenters. The Bertz CT molecular complexity index is 750. The molecule has 0 saturated carbocycles. The fourth-order valence-corrected chi connectivity index (χ4v) is 1.73. The summed E-state index contributed by atoms with van der Waals surface area (Å²) in [6, 6.07) is 7.64. The molecule has 1 heterocycles. The van der Waals surface area contributed by atoms with Gasteiger partial charge in [0.2, 0.25) is 0 Å². The molecule has 0 unspecified atom stereocenters. The van der Waals surface area contributed by atoms with Crippen molar-refractivity contribution in [3.63, 3.8) is 0 Å². The molecule has 1 aromatic heterocycles. The van der Waals surface area contributed by atoms with E-state index in [1.54, 1.807) is 30.3 Å². The van der Waals surface area contributed by atoms with Crippen molar-refractivity contribution in [2.24, 2.45) is 0 Å². The molecule has 21 heavy (non-hydrogen) atoms. The summed E-state index contributed by atoms with van der Waals surface area (Å²) >= 11 is 0. The van der Waals surface area contributed by atoms with E-state index in [9.17, 15) is 24.3 Å². The van der Waals surface area contributed by atoms with Crippen LogP contribution < -0.4 is 16.6 Å². The number of benzene rings is 1. The molecule has 2 aromatic rings. The van der Waals surface area contributed by atoms with E-state index >= 15 is 0 Å². The first kappa shape index (κ1) is 14.3. The highest BCUT2D eigenvalue weighted by molar-refractivity contribution is 5.95. The highest BCUT2D eigenvalue weighted by Crippen LogP contribution is 2.13. The maximum Gasteiger partial charge on any atom is 0.330 e. The summed E-state index contributed by atoms with van der Waals surface area (Å²) in [5.41, 5.74) is -1.55. The van der Waals surface area contributed by atoms with Gasteiger partial charge in [0.15, 0.2) is 6.04 Å². The van der Waals surface area contributed by atoms with Gasteiger partial charge < -0.3 is 15.4 Å². The van der Waals surface area contributed by atoms with Crippen molar-refractivity contribution in [1.82, 2.24) is 15.3 Å². The van der Waals surface area contributed by atoms with E-state index in [0.29, 0.717) is 5.56 Å². The molecule has 8 nitrogen and oxygen atoms in total. The number of carbonyl (C=O) groups is 2. The fraction of sp³-hybridized carbons (Fsp3) is 0.0769. The molecule has 0 aliphatic carbocycles. The number of carboxylic acid groups (broad SMARTS) is 1. The third-order valence-corrected chi connectivity index (χ3v) is 2.66. The topological polar surface area (TPSA) is 132 Å². The van der Waals surface area contributed by atoms with Gasteiger partial charge in [-0.3, -0.25) is 14.6 Å². The molecule has 1 amide bonds. The molecule has 0 spiro atoms. The Morgan fingerprint density at radius 3 is 2.33 bits per heavy atom. The first-order chi connectivity index (χ1) is 9.97. The van der Waals surface area contributed by atoms with Crippen molar-refractivity contribution in [3.8, 4) is 0 Å². The Hall–Kier alpha value is -3.16. The Balaban J connectivity index is 2.29. The second-order valence-electron chi connectivity index (χ2n) is 4.16. The van der Waals surface area contributed by atoms with Gasteiger partial charge in [0, 0.05) is 6.07 Å². The lowest BCUT2D eigenvalue weighted by Gasteiger charge is -2.14. The Morgan fingerprint density at radius 2 is 1.76 bits per heavy atom. The molecule has 1 aromatic carbocycles. The summed E-state index contributed by atoms with van der Waals surface area (Å²) < 4.78 is 0. The van der Waals surface area contributed by atoms with E-state index in [-0.39, 0.29) is 5.69 Å². The van der Waals surface area contributed by atoms with E-state index in [4.69, 9.17) is 0 Å². The van der Waals surface area contributed by atoms with E-state index in [2.05, 4.69) is 10.3 Å². The van der Waals surface area contributed by atoms with Crippen molar-refractivity contribution >= 4 is 11.9 Å². The number of rotatable bonds is 4. The molecular formula is C13H11N3O5.